The van der Waals surface area contributed by atoms with Crippen molar-refractivity contribution in [3.8, 4) is 21.8 Å². The standard InChI is InChI=1S/C20H21FN4S2/c1-13-8-11-25(12-9-13)20-24-17(14-3-5-15(21)6-4-14)18(27-20)16-7-10-22-19(23-16)26-2/h3-7,10,13H,8-9,11-12H2,1-2H3. The van der Waals surface area contributed by atoms with E-state index in [-0.39, 0.29) is 5.82 Å². The van der Waals surface area contributed by atoms with Crippen LogP contribution in [0.25, 0.3) is 21.8 Å². The summed E-state index contributed by atoms with van der Waals surface area (Å²) in [5.41, 5.74) is 2.63. The lowest BCUT2D eigenvalue weighted by atomic mass is 10.00. The summed E-state index contributed by atoms with van der Waals surface area (Å²) in [6.45, 7) is 4.35. The first kappa shape index (κ1) is 18.4. The smallest absolute Gasteiger partial charge is 0.187 e. The Morgan fingerprint density at radius 3 is 2.56 bits per heavy atom. The summed E-state index contributed by atoms with van der Waals surface area (Å²) >= 11 is 3.18. The lowest BCUT2D eigenvalue weighted by Gasteiger charge is -2.29. The highest BCUT2D eigenvalue weighted by Gasteiger charge is 2.23. The van der Waals surface area contributed by atoms with Gasteiger partial charge in [0.15, 0.2) is 10.3 Å². The van der Waals surface area contributed by atoms with Crippen LogP contribution >= 0.6 is 23.1 Å². The minimum atomic E-state index is -0.243. The lowest BCUT2D eigenvalue weighted by molar-refractivity contribution is 0.438. The van der Waals surface area contributed by atoms with E-state index < -0.39 is 0 Å². The molecule has 4 rings (SSSR count). The Hall–Kier alpha value is -1.99. The SMILES string of the molecule is CSc1nccc(-c2sc(N3CCC(C)CC3)nc2-c2ccc(F)cc2)n1. The molecular formula is C20H21FN4S2. The molecule has 2 aromatic heterocycles. The number of hydrogen-bond donors (Lipinski definition) is 0. The number of nitrogens with zero attached hydrogens (tertiary/aromatic N) is 4. The number of halogens is 1. The predicted octanol–water partition coefficient (Wildman–Crippen LogP) is 5.36. The van der Waals surface area contributed by atoms with E-state index in [1.807, 2.05) is 12.3 Å². The monoisotopic (exact) mass is 400 g/mol. The molecule has 1 aliphatic rings. The van der Waals surface area contributed by atoms with Gasteiger partial charge in [0.2, 0.25) is 0 Å². The molecular weight excluding hydrogens is 379 g/mol. The van der Waals surface area contributed by atoms with Crippen molar-refractivity contribution in [3.05, 3.63) is 42.3 Å². The third-order valence-corrected chi connectivity index (χ3v) is 6.54. The van der Waals surface area contributed by atoms with Gasteiger partial charge in [0.05, 0.1) is 16.3 Å². The molecule has 1 aliphatic heterocycles. The number of thioether (sulfide) groups is 1. The molecule has 0 N–H and O–H groups in total. The van der Waals surface area contributed by atoms with Gasteiger partial charge in [-0.3, -0.25) is 0 Å². The Morgan fingerprint density at radius 2 is 1.85 bits per heavy atom. The van der Waals surface area contributed by atoms with Crippen molar-refractivity contribution in [1.82, 2.24) is 15.0 Å². The van der Waals surface area contributed by atoms with E-state index in [0.717, 1.165) is 51.1 Å². The average molecular weight is 401 g/mol. The van der Waals surface area contributed by atoms with Crippen molar-refractivity contribution in [1.29, 1.82) is 0 Å². The van der Waals surface area contributed by atoms with Crippen LogP contribution in [0.3, 0.4) is 0 Å². The summed E-state index contributed by atoms with van der Waals surface area (Å²) in [5, 5.41) is 1.75. The molecule has 0 atom stereocenters. The Morgan fingerprint density at radius 1 is 1.11 bits per heavy atom. The van der Waals surface area contributed by atoms with Crippen molar-refractivity contribution in [2.75, 3.05) is 24.2 Å². The quantitative estimate of drug-likeness (QED) is 0.435. The molecule has 27 heavy (non-hydrogen) atoms. The van der Waals surface area contributed by atoms with Crippen LogP contribution < -0.4 is 4.90 Å². The largest absolute Gasteiger partial charge is 0.348 e. The second-order valence-electron chi connectivity index (χ2n) is 6.78. The van der Waals surface area contributed by atoms with E-state index in [0.29, 0.717) is 0 Å². The summed E-state index contributed by atoms with van der Waals surface area (Å²) < 4.78 is 13.4. The molecule has 7 heteroatoms. The first-order chi connectivity index (χ1) is 13.1. The Balaban J connectivity index is 1.78. The van der Waals surface area contributed by atoms with Gasteiger partial charge in [-0.2, -0.15) is 0 Å². The average Bonchev–Trinajstić information content (AvgIpc) is 3.14. The number of aromatic nitrogens is 3. The van der Waals surface area contributed by atoms with Crippen molar-refractivity contribution >= 4 is 28.2 Å². The minimum absolute atomic E-state index is 0.243. The topological polar surface area (TPSA) is 41.9 Å². The van der Waals surface area contributed by atoms with Crippen LogP contribution in [0, 0.1) is 11.7 Å². The van der Waals surface area contributed by atoms with Gasteiger partial charge in [-0.1, -0.05) is 30.0 Å². The minimum Gasteiger partial charge on any atom is -0.348 e. The van der Waals surface area contributed by atoms with Gasteiger partial charge in [-0.25, -0.2) is 19.3 Å². The molecule has 0 radical (unpaired) electrons. The summed E-state index contributed by atoms with van der Waals surface area (Å²) in [5.74, 6) is 0.524. The molecule has 4 nitrogen and oxygen atoms in total. The Kier molecular flexibility index (Phi) is 5.41. The Labute approximate surface area is 166 Å². The molecule has 3 aromatic rings. The van der Waals surface area contributed by atoms with Gasteiger partial charge < -0.3 is 4.90 Å². The van der Waals surface area contributed by atoms with Gasteiger partial charge in [-0.05, 0) is 55.3 Å². The maximum Gasteiger partial charge on any atom is 0.187 e. The molecule has 0 spiro atoms. The molecule has 140 valence electrons. The third kappa shape index (κ3) is 3.99. The summed E-state index contributed by atoms with van der Waals surface area (Å²) in [7, 11) is 0. The molecule has 1 fully saturated rings. The molecule has 0 saturated carbocycles. The van der Waals surface area contributed by atoms with Gasteiger partial charge in [0, 0.05) is 24.8 Å². The van der Waals surface area contributed by atoms with Crippen LogP contribution in [-0.4, -0.2) is 34.3 Å². The van der Waals surface area contributed by atoms with Crippen molar-refractivity contribution in [2.45, 2.75) is 24.9 Å². The van der Waals surface area contributed by atoms with Gasteiger partial charge in [-0.15, -0.1) is 0 Å². The molecule has 1 saturated heterocycles. The van der Waals surface area contributed by atoms with Crippen LogP contribution in [0.15, 0.2) is 41.7 Å². The second kappa shape index (κ2) is 7.94. The number of thiazole rings is 1. The van der Waals surface area contributed by atoms with E-state index in [2.05, 4.69) is 21.8 Å². The van der Waals surface area contributed by atoms with E-state index in [9.17, 15) is 4.39 Å². The summed E-state index contributed by atoms with van der Waals surface area (Å²) in [4.78, 5) is 17.3. The fourth-order valence-corrected chi connectivity index (χ4v) is 4.65. The van der Waals surface area contributed by atoms with Crippen molar-refractivity contribution in [2.24, 2.45) is 5.92 Å². The molecule has 0 bridgehead atoms. The summed E-state index contributed by atoms with van der Waals surface area (Å²) in [6, 6.07) is 8.45. The van der Waals surface area contributed by atoms with Crippen LogP contribution in [0.4, 0.5) is 9.52 Å². The third-order valence-electron chi connectivity index (χ3n) is 4.84. The van der Waals surface area contributed by atoms with Crippen LogP contribution in [0.2, 0.25) is 0 Å². The van der Waals surface area contributed by atoms with Gasteiger partial charge in [0.25, 0.3) is 0 Å². The van der Waals surface area contributed by atoms with E-state index in [1.165, 1.54) is 36.7 Å². The zero-order valence-corrected chi connectivity index (χ0v) is 17.0. The van der Waals surface area contributed by atoms with Crippen LogP contribution in [-0.2, 0) is 0 Å². The van der Waals surface area contributed by atoms with Gasteiger partial charge in [0.1, 0.15) is 5.82 Å². The maximum absolute atomic E-state index is 13.4. The number of hydrogen-bond acceptors (Lipinski definition) is 6. The first-order valence-electron chi connectivity index (χ1n) is 9.03. The molecule has 0 unspecified atom stereocenters. The number of anilines is 1. The molecule has 0 aliphatic carbocycles. The maximum atomic E-state index is 13.4. The van der Waals surface area contributed by atoms with E-state index in [1.54, 1.807) is 29.7 Å². The molecule has 3 heterocycles. The van der Waals surface area contributed by atoms with Crippen LogP contribution in [0.1, 0.15) is 19.8 Å². The van der Waals surface area contributed by atoms with Crippen LogP contribution in [0.5, 0.6) is 0 Å². The first-order valence-corrected chi connectivity index (χ1v) is 11.1. The van der Waals surface area contributed by atoms with E-state index >= 15 is 0 Å². The predicted molar refractivity (Wildman–Crippen MR) is 111 cm³/mol. The number of benzene rings is 1. The molecule has 1 aromatic carbocycles. The number of rotatable bonds is 4. The normalized spacial score (nSPS) is 15.3. The summed E-state index contributed by atoms with van der Waals surface area (Å²) in [6.07, 6.45) is 6.12. The zero-order chi connectivity index (χ0) is 18.8. The van der Waals surface area contributed by atoms with Gasteiger partial charge >= 0.3 is 0 Å². The Bertz CT molecular complexity index is 918. The highest BCUT2D eigenvalue weighted by Crippen LogP contribution is 2.40. The fraction of sp³-hybridized carbons (Fsp3) is 0.350. The lowest BCUT2D eigenvalue weighted by Crippen LogP contribution is -2.32. The second-order valence-corrected chi connectivity index (χ2v) is 8.53. The highest BCUT2D eigenvalue weighted by molar-refractivity contribution is 7.98. The van der Waals surface area contributed by atoms with Crippen molar-refractivity contribution in [3.63, 3.8) is 0 Å². The number of piperidine rings is 1. The zero-order valence-electron chi connectivity index (χ0n) is 15.4. The van der Waals surface area contributed by atoms with E-state index in [4.69, 9.17) is 4.98 Å². The molecule has 0 amide bonds. The fourth-order valence-electron chi connectivity index (χ4n) is 3.19. The van der Waals surface area contributed by atoms with Crippen molar-refractivity contribution < 1.29 is 4.39 Å². The highest BCUT2D eigenvalue weighted by atomic mass is 32.2.